The molecule has 112 valence electrons. The zero-order valence-electron chi connectivity index (χ0n) is 12.9. The van der Waals surface area contributed by atoms with Crippen molar-refractivity contribution in [2.24, 2.45) is 0 Å². The van der Waals surface area contributed by atoms with Crippen molar-refractivity contribution in [3.63, 3.8) is 0 Å². The number of rotatable bonds is 4. The van der Waals surface area contributed by atoms with Crippen molar-refractivity contribution in [3.8, 4) is 0 Å². The summed E-state index contributed by atoms with van der Waals surface area (Å²) < 4.78 is 0. The number of hydrogen-bond acceptors (Lipinski definition) is 4. The van der Waals surface area contributed by atoms with Gasteiger partial charge in [-0.3, -0.25) is 0 Å². The van der Waals surface area contributed by atoms with Gasteiger partial charge >= 0.3 is 0 Å². The Bertz CT molecular complexity index is 603. The van der Waals surface area contributed by atoms with E-state index in [-0.39, 0.29) is 5.41 Å². The molecule has 0 radical (unpaired) electrons. The van der Waals surface area contributed by atoms with Crippen LogP contribution in [0.15, 0.2) is 30.5 Å². The Morgan fingerprint density at radius 2 is 1.81 bits per heavy atom. The van der Waals surface area contributed by atoms with E-state index >= 15 is 0 Å². The maximum Gasteiger partial charge on any atom is 0.224 e. The van der Waals surface area contributed by atoms with E-state index in [1.165, 1.54) is 5.56 Å². The first kappa shape index (κ1) is 15.6. The fourth-order valence-corrected chi connectivity index (χ4v) is 2.03. The number of benzene rings is 1. The predicted octanol–water partition coefficient (Wildman–Crippen LogP) is 4.60. The summed E-state index contributed by atoms with van der Waals surface area (Å²) in [4.78, 5) is 8.49. The molecule has 0 saturated heterocycles. The summed E-state index contributed by atoms with van der Waals surface area (Å²) in [6.45, 7) is 9.34. The summed E-state index contributed by atoms with van der Waals surface area (Å²) in [6.07, 6.45) is 1.60. The van der Waals surface area contributed by atoms with Crippen molar-refractivity contribution in [2.75, 3.05) is 17.2 Å². The Morgan fingerprint density at radius 3 is 2.38 bits per heavy atom. The van der Waals surface area contributed by atoms with E-state index in [0.717, 1.165) is 12.2 Å². The molecule has 0 aliphatic rings. The lowest BCUT2D eigenvalue weighted by molar-refractivity contribution is 0.590. The zero-order chi connectivity index (χ0) is 15.5. The molecule has 21 heavy (non-hydrogen) atoms. The monoisotopic (exact) mass is 304 g/mol. The summed E-state index contributed by atoms with van der Waals surface area (Å²) in [5.41, 5.74) is 2.38. The Labute approximate surface area is 131 Å². The van der Waals surface area contributed by atoms with Gasteiger partial charge in [-0.2, -0.15) is 4.98 Å². The molecule has 5 heteroatoms. The first-order chi connectivity index (χ1) is 9.90. The molecule has 2 N–H and O–H groups in total. The third-order valence-corrected chi connectivity index (χ3v) is 3.37. The molecule has 1 aromatic carbocycles. The smallest absolute Gasteiger partial charge is 0.224 e. The fourth-order valence-electron chi connectivity index (χ4n) is 1.89. The molecule has 2 aromatic rings. The summed E-state index contributed by atoms with van der Waals surface area (Å²) in [5, 5.41) is 6.79. The van der Waals surface area contributed by atoms with Crippen LogP contribution in [0.2, 0.25) is 5.02 Å². The maximum absolute atomic E-state index is 6.13. The average molecular weight is 305 g/mol. The highest BCUT2D eigenvalue weighted by atomic mass is 35.5. The second-order valence-corrected chi connectivity index (χ2v) is 6.28. The van der Waals surface area contributed by atoms with Crippen LogP contribution in [0.4, 0.5) is 17.5 Å². The third-order valence-electron chi connectivity index (χ3n) is 3.09. The van der Waals surface area contributed by atoms with Crippen molar-refractivity contribution >= 4 is 29.1 Å². The van der Waals surface area contributed by atoms with Crippen LogP contribution < -0.4 is 10.6 Å². The molecular weight excluding hydrogens is 284 g/mol. The molecule has 0 bridgehead atoms. The van der Waals surface area contributed by atoms with Crippen LogP contribution in [0.25, 0.3) is 0 Å². The van der Waals surface area contributed by atoms with Crippen LogP contribution in [0.1, 0.15) is 33.3 Å². The lowest BCUT2D eigenvalue weighted by atomic mass is 9.87. The van der Waals surface area contributed by atoms with Crippen molar-refractivity contribution in [1.29, 1.82) is 0 Å². The number of nitrogens with one attached hydrogen (secondary N) is 2. The van der Waals surface area contributed by atoms with E-state index in [1.54, 1.807) is 6.20 Å². The van der Waals surface area contributed by atoms with Gasteiger partial charge in [-0.25, -0.2) is 4.98 Å². The molecule has 4 nitrogen and oxygen atoms in total. The molecule has 0 saturated carbocycles. The van der Waals surface area contributed by atoms with Crippen molar-refractivity contribution in [2.45, 2.75) is 33.1 Å². The molecule has 0 unspecified atom stereocenters. The Kier molecular flexibility index (Phi) is 4.68. The third kappa shape index (κ3) is 4.08. The number of hydrogen-bond donors (Lipinski definition) is 2. The van der Waals surface area contributed by atoms with Crippen LogP contribution in [-0.2, 0) is 5.41 Å². The van der Waals surface area contributed by atoms with E-state index in [0.29, 0.717) is 16.8 Å². The first-order valence-corrected chi connectivity index (χ1v) is 7.42. The van der Waals surface area contributed by atoms with Gasteiger partial charge in [0, 0.05) is 12.2 Å². The predicted molar refractivity (Wildman–Crippen MR) is 89.6 cm³/mol. The summed E-state index contributed by atoms with van der Waals surface area (Å²) in [7, 11) is 0. The summed E-state index contributed by atoms with van der Waals surface area (Å²) in [6, 6.07) is 8.29. The number of halogens is 1. The Morgan fingerprint density at radius 1 is 1.14 bits per heavy atom. The van der Waals surface area contributed by atoms with E-state index in [2.05, 4.69) is 53.5 Å². The van der Waals surface area contributed by atoms with Crippen LogP contribution in [-0.4, -0.2) is 16.5 Å². The van der Waals surface area contributed by atoms with Crippen molar-refractivity contribution < 1.29 is 0 Å². The maximum atomic E-state index is 6.13. The van der Waals surface area contributed by atoms with Gasteiger partial charge in [0.15, 0.2) is 5.82 Å². The normalized spacial score (nSPS) is 11.3. The van der Waals surface area contributed by atoms with Gasteiger partial charge in [-0.15, -0.1) is 0 Å². The zero-order valence-corrected chi connectivity index (χ0v) is 13.6. The van der Waals surface area contributed by atoms with Gasteiger partial charge in [0.2, 0.25) is 5.95 Å². The number of anilines is 3. The molecule has 2 rings (SSSR count). The van der Waals surface area contributed by atoms with Gasteiger partial charge in [-0.1, -0.05) is 44.5 Å². The van der Waals surface area contributed by atoms with Crippen molar-refractivity contribution in [1.82, 2.24) is 9.97 Å². The number of nitrogens with zero attached hydrogens (tertiary/aromatic N) is 2. The minimum atomic E-state index is 0.142. The highest BCUT2D eigenvalue weighted by Crippen LogP contribution is 2.27. The van der Waals surface area contributed by atoms with Crippen LogP contribution in [0.5, 0.6) is 0 Å². The van der Waals surface area contributed by atoms with E-state index in [9.17, 15) is 0 Å². The molecule has 0 fully saturated rings. The fraction of sp³-hybridized carbons (Fsp3) is 0.375. The minimum Gasteiger partial charge on any atom is -0.354 e. The van der Waals surface area contributed by atoms with E-state index in [1.807, 2.05) is 19.1 Å². The molecule has 0 aliphatic heterocycles. The molecule has 0 atom stereocenters. The van der Waals surface area contributed by atoms with Crippen molar-refractivity contribution in [3.05, 3.63) is 41.0 Å². The number of aromatic nitrogens is 2. The van der Waals surface area contributed by atoms with Gasteiger partial charge in [0.25, 0.3) is 0 Å². The second-order valence-electron chi connectivity index (χ2n) is 5.87. The molecule has 0 amide bonds. The molecule has 0 aliphatic carbocycles. The van der Waals surface area contributed by atoms with E-state index in [4.69, 9.17) is 11.6 Å². The van der Waals surface area contributed by atoms with Gasteiger partial charge < -0.3 is 10.6 Å². The standard InChI is InChI=1S/C16H21ClN4/c1-5-18-15-19-10-13(17)14(21-15)20-12-8-6-11(7-9-12)16(2,3)4/h6-10H,5H2,1-4H3,(H2,18,19,20,21). The second kappa shape index (κ2) is 6.31. The summed E-state index contributed by atoms with van der Waals surface area (Å²) >= 11 is 6.13. The quantitative estimate of drug-likeness (QED) is 0.866. The van der Waals surface area contributed by atoms with Crippen LogP contribution in [0, 0.1) is 0 Å². The van der Waals surface area contributed by atoms with Gasteiger partial charge in [-0.05, 0) is 30.0 Å². The minimum absolute atomic E-state index is 0.142. The first-order valence-electron chi connectivity index (χ1n) is 7.04. The Balaban J connectivity index is 2.20. The van der Waals surface area contributed by atoms with Gasteiger partial charge in [0.05, 0.1) is 6.20 Å². The molecule has 0 spiro atoms. The molecular formula is C16H21ClN4. The molecule has 1 heterocycles. The lowest BCUT2D eigenvalue weighted by Crippen LogP contribution is -2.10. The van der Waals surface area contributed by atoms with Gasteiger partial charge in [0.1, 0.15) is 5.02 Å². The SMILES string of the molecule is CCNc1ncc(Cl)c(Nc2ccc(C(C)(C)C)cc2)n1. The topological polar surface area (TPSA) is 49.8 Å². The van der Waals surface area contributed by atoms with Crippen LogP contribution >= 0.6 is 11.6 Å². The molecule has 1 aromatic heterocycles. The largest absolute Gasteiger partial charge is 0.354 e. The highest BCUT2D eigenvalue weighted by molar-refractivity contribution is 6.32. The summed E-state index contributed by atoms with van der Waals surface area (Å²) in [5.74, 6) is 1.17. The van der Waals surface area contributed by atoms with E-state index < -0.39 is 0 Å². The average Bonchev–Trinajstić information content (AvgIpc) is 2.42. The highest BCUT2D eigenvalue weighted by Gasteiger charge is 2.13. The van der Waals surface area contributed by atoms with Crippen LogP contribution in [0.3, 0.4) is 0 Å². The lowest BCUT2D eigenvalue weighted by Gasteiger charge is -2.19. The Hall–Kier alpha value is -1.81.